The Hall–Kier alpha value is -2.02. The summed E-state index contributed by atoms with van der Waals surface area (Å²) < 4.78 is 13.4. The van der Waals surface area contributed by atoms with Crippen LogP contribution in [0.2, 0.25) is 0 Å². The molecule has 2 aromatic rings. The number of hydrogen-bond acceptors (Lipinski definition) is 2. The zero-order chi connectivity index (χ0) is 10.1. The molecule has 0 spiro atoms. The van der Waals surface area contributed by atoms with Gasteiger partial charge in [0, 0.05) is 23.7 Å². The molecule has 1 aromatic heterocycles. The first kappa shape index (κ1) is 8.57. The van der Waals surface area contributed by atoms with Crippen LogP contribution in [0.3, 0.4) is 0 Å². The highest BCUT2D eigenvalue weighted by atomic mass is 19.1. The predicted octanol–water partition coefficient (Wildman–Crippen LogP) is 2.08. The van der Waals surface area contributed by atoms with Gasteiger partial charge in [-0.05, 0) is 5.56 Å². The van der Waals surface area contributed by atoms with E-state index in [-0.39, 0.29) is 12.2 Å². The molecule has 0 fully saturated rings. The lowest BCUT2D eigenvalue weighted by atomic mass is 10.1. The summed E-state index contributed by atoms with van der Waals surface area (Å²) in [6.07, 6.45) is 1.73. The fraction of sp³-hybridized carbons (Fsp3) is 0.100. The average Bonchev–Trinajstić information content (AvgIpc) is 2.49. The Labute approximate surface area is 79.4 Å². The van der Waals surface area contributed by atoms with Crippen molar-refractivity contribution in [2.75, 3.05) is 0 Å². The lowest BCUT2D eigenvalue weighted by molar-refractivity contribution is 0.471. The molecule has 0 aliphatic rings. The topological polar surface area (TPSA) is 59.8 Å². The molecule has 0 radical (unpaired) electrons. The highest BCUT2D eigenvalue weighted by molar-refractivity contribution is 5.85. The lowest BCUT2D eigenvalue weighted by Gasteiger charge is -1.96. The second kappa shape index (κ2) is 3.04. The van der Waals surface area contributed by atoms with Crippen LogP contribution in [0.1, 0.15) is 5.56 Å². The molecule has 0 saturated heterocycles. The summed E-state index contributed by atoms with van der Waals surface area (Å²) in [6.45, 7) is 0. The summed E-state index contributed by atoms with van der Waals surface area (Å²) in [5, 5.41) is 18.0. The number of hydrogen-bond donors (Lipinski definition) is 2. The SMILES string of the molecule is N#CCc1c[nH]c2cc(O)cc(F)c12. The van der Waals surface area contributed by atoms with Gasteiger partial charge in [0.25, 0.3) is 0 Å². The van der Waals surface area contributed by atoms with E-state index in [9.17, 15) is 4.39 Å². The number of phenolic OH excluding ortho intramolecular Hbond substituents is 1. The van der Waals surface area contributed by atoms with E-state index in [0.717, 1.165) is 6.07 Å². The van der Waals surface area contributed by atoms with Crippen LogP contribution in [-0.4, -0.2) is 10.1 Å². The molecule has 1 aromatic carbocycles. The number of phenols is 1. The van der Waals surface area contributed by atoms with Crippen LogP contribution >= 0.6 is 0 Å². The van der Waals surface area contributed by atoms with Gasteiger partial charge in [-0.2, -0.15) is 5.26 Å². The van der Waals surface area contributed by atoms with Gasteiger partial charge in [-0.15, -0.1) is 0 Å². The number of nitrogens with one attached hydrogen (secondary N) is 1. The first-order chi connectivity index (χ1) is 6.72. The maximum atomic E-state index is 13.4. The van der Waals surface area contributed by atoms with Gasteiger partial charge in [0.2, 0.25) is 0 Å². The summed E-state index contributed by atoms with van der Waals surface area (Å²) in [5.74, 6) is -0.633. The van der Waals surface area contributed by atoms with E-state index in [1.54, 1.807) is 6.20 Å². The van der Waals surface area contributed by atoms with Gasteiger partial charge in [0.15, 0.2) is 0 Å². The number of fused-ring (bicyclic) bond motifs is 1. The first-order valence-electron chi connectivity index (χ1n) is 4.08. The van der Waals surface area contributed by atoms with E-state index in [2.05, 4.69) is 4.98 Å². The molecule has 3 nitrogen and oxygen atoms in total. The van der Waals surface area contributed by atoms with Crippen LogP contribution in [0, 0.1) is 17.1 Å². The molecule has 0 amide bonds. The standard InChI is InChI=1S/C10H7FN2O/c11-8-3-7(14)4-9-10(8)6(1-2-12)5-13-9/h3-5,13-14H,1H2. The van der Waals surface area contributed by atoms with Crippen molar-refractivity contribution in [2.24, 2.45) is 0 Å². The maximum absolute atomic E-state index is 13.4. The minimum absolute atomic E-state index is 0.125. The highest BCUT2D eigenvalue weighted by Gasteiger charge is 2.09. The Kier molecular flexibility index (Phi) is 1.86. The van der Waals surface area contributed by atoms with Gasteiger partial charge in [-0.1, -0.05) is 0 Å². The summed E-state index contributed by atoms with van der Waals surface area (Å²) in [5.41, 5.74) is 1.12. The average molecular weight is 190 g/mol. The van der Waals surface area contributed by atoms with Crippen molar-refractivity contribution in [3.63, 3.8) is 0 Å². The van der Waals surface area contributed by atoms with Crippen molar-refractivity contribution >= 4 is 10.9 Å². The number of aromatic hydroxyl groups is 1. The van der Waals surface area contributed by atoms with E-state index in [1.807, 2.05) is 6.07 Å². The van der Waals surface area contributed by atoms with E-state index in [1.165, 1.54) is 6.07 Å². The Morgan fingerprint density at radius 2 is 2.29 bits per heavy atom. The second-order valence-electron chi connectivity index (χ2n) is 3.00. The number of halogens is 1. The number of H-pyrrole nitrogens is 1. The molecule has 0 aliphatic heterocycles. The zero-order valence-electron chi connectivity index (χ0n) is 7.21. The van der Waals surface area contributed by atoms with Crippen molar-refractivity contribution in [2.45, 2.75) is 6.42 Å². The molecule has 0 bridgehead atoms. The van der Waals surface area contributed by atoms with E-state index >= 15 is 0 Å². The summed E-state index contributed by atoms with van der Waals surface area (Å²) in [6, 6.07) is 4.42. The first-order valence-corrected chi connectivity index (χ1v) is 4.08. The normalized spacial score (nSPS) is 10.3. The molecule has 0 unspecified atom stereocenters. The van der Waals surface area contributed by atoms with E-state index in [0.29, 0.717) is 16.5 Å². The summed E-state index contributed by atoms with van der Waals surface area (Å²) in [4.78, 5) is 2.80. The maximum Gasteiger partial charge on any atom is 0.136 e. The number of aromatic nitrogens is 1. The number of nitriles is 1. The molecule has 70 valence electrons. The Bertz CT molecular complexity index is 525. The third kappa shape index (κ3) is 1.19. The van der Waals surface area contributed by atoms with Crippen molar-refractivity contribution in [1.29, 1.82) is 5.26 Å². The number of benzene rings is 1. The Balaban J connectivity index is 2.74. The summed E-state index contributed by atoms with van der Waals surface area (Å²) in [7, 11) is 0. The van der Waals surface area contributed by atoms with Crippen molar-refractivity contribution in [3.8, 4) is 11.8 Å². The minimum atomic E-state index is -0.508. The third-order valence-corrected chi connectivity index (χ3v) is 2.07. The molecule has 2 rings (SSSR count). The molecule has 0 aliphatic carbocycles. The van der Waals surface area contributed by atoms with Crippen LogP contribution in [0.5, 0.6) is 5.75 Å². The molecular formula is C10H7FN2O. The molecule has 14 heavy (non-hydrogen) atoms. The van der Waals surface area contributed by atoms with Crippen LogP contribution in [0.4, 0.5) is 4.39 Å². The van der Waals surface area contributed by atoms with Gasteiger partial charge < -0.3 is 10.1 Å². The number of nitrogens with zero attached hydrogens (tertiary/aromatic N) is 1. The molecule has 0 saturated carbocycles. The summed E-state index contributed by atoms with van der Waals surface area (Å²) >= 11 is 0. The quantitative estimate of drug-likeness (QED) is 0.723. The number of aromatic amines is 1. The monoisotopic (exact) mass is 190 g/mol. The third-order valence-electron chi connectivity index (χ3n) is 2.07. The molecule has 0 atom stereocenters. The highest BCUT2D eigenvalue weighted by Crippen LogP contribution is 2.26. The number of rotatable bonds is 1. The zero-order valence-corrected chi connectivity index (χ0v) is 7.21. The molecular weight excluding hydrogens is 183 g/mol. The van der Waals surface area contributed by atoms with Crippen molar-refractivity contribution in [3.05, 3.63) is 29.7 Å². The van der Waals surface area contributed by atoms with Crippen LogP contribution in [0.15, 0.2) is 18.3 Å². The van der Waals surface area contributed by atoms with Gasteiger partial charge in [0.05, 0.1) is 18.0 Å². The Morgan fingerprint density at radius 1 is 1.50 bits per heavy atom. The second-order valence-corrected chi connectivity index (χ2v) is 3.00. The molecule has 4 heteroatoms. The van der Waals surface area contributed by atoms with E-state index in [4.69, 9.17) is 10.4 Å². The molecule has 2 N–H and O–H groups in total. The smallest absolute Gasteiger partial charge is 0.136 e. The van der Waals surface area contributed by atoms with Gasteiger partial charge >= 0.3 is 0 Å². The fourth-order valence-corrected chi connectivity index (χ4v) is 1.49. The largest absolute Gasteiger partial charge is 0.508 e. The van der Waals surface area contributed by atoms with Crippen LogP contribution in [-0.2, 0) is 6.42 Å². The Morgan fingerprint density at radius 3 is 3.00 bits per heavy atom. The van der Waals surface area contributed by atoms with Gasteiger partial charge in [0.1, 0.15) is 11.6 Å². The minimum Gasteiger partial charge on any atom is -0.508 e. The van der Waals surface area contributed by atoms with Crippen LogP contribution < -0.4 is 0 Å². The fourth-order valence-electron chi connectivity index (χ4n) is 1.49. The van der Waals surface area contributed by atoms with Crippen LogP contribution in [0.25, 0.3) is 10.9 Å². The van der Waals surface area contributed by atoms with Crippen molar-refractivity contribution < 1.29 is 9.50 Å². The van der Waals surface area contributed by atoms with Gasteiger partial charge in [-0.25, -0.2) is 4.39 Å². The predicted molar refractivity (Wildman–Crippen MR) is 49.2 cm³/mol. The molecule has 1 heterocycles. The van der Waals surface area contributed by atoms with Crippen molar-refractivity contribution in [1.82, 2.24) is 4.98 Å². The van der Waals surface area contributed by atoms with E-state index < -0.39 is 5.82 Å². The van der Waals surface area contributed by atoms with Gasteiger partial charge in [-0.3, -0.25) is 0 Å². The lowest BCUT2D eigenvalue weighted by Crippen LogP contribution is -1.82.